The maximum absolute atomic E-state index is 11.5. The topological polar surface area (TPSA) is 66.9 Å². The summed E-state index contributed by atoms with van der Waals surface area (Å²) in [5, 5.41) is 6.77. The van der Waals surface area contributed by atoms with Crippen LogP contribution in [0.15, 0.2) is 61.2 Å². The third-order valence-corrected chi connectivity index (χ3v) is 3.30. The van der Waals surface area contributed by atoms with Gasteiger partial charge in [-0.3, -0.25) is 10.1 Å². The fourth-order valence-electron chi connectivity index (χ4n) is 2.25. The SMILES string of the molecule is C=CC(=O)Nc1nc(Nc2cccc(C)c2)c2ccccc2n1. The summed E-state index contributed by atoms with van der Waals surface area (Å²) in [7, 11) is 0. The van der Waals surface area contributed by atoms with E-state index >= 15 is 0 Å². The van der Waals surface area contributed by atoms with Gasteiger partial charge >= 0.3 is 0 Å². The normalized spacial score (nSPS) is 10.3. The van der Waals surface area contributed by atoms with Crippen molar-refractivity contribution in [3.8, 4) is 0 Å². The molecule has 3 aromatic rings. The van der Waals surface area contributed by atoms with Gasteiger partial charge in [-0.25, -0.2) is 4.98 Å². The highest BCUT2D eigenvalue weighted by atomic mass is 16.1. The summed E-state index contributed by atoms with van der Waals surface area (Å²) in [6.07, 6.45) is 1.19. The molecule has 5 nitrogen and oxygen atoms in total. The molecule has 0 aliphatic carbocycles. The fraction of sp³-hybridized carbons (Fsp3) is 0.0556. The van der Waals surface area contributed by atoms with E-state index in [2.05, 4.69) is 27.2 Å². The Bertz CT molecular complexity index is 889. The van der Waals surface area contributed by atoms with Crippen LogP contribution in [0.2, 0.25) is 0 Å². The number of carbonyl (C=O) groups excluding carboxylic acids is 1. The van der Waals surface area contributed by atoms with Crippen LogP contribution < -0.4 is 10.6 Å². The van der Waals surface area contributed by atoms with Crippen LogP contribution in [0.25, 0.3) is 10.9 Å². The lowest BCUT2D eigenvalue weighted by Crippen LogP contribution is -2.11. The first-order valence-corrected chi connectivity index (χ1v) is 7.19. The van der Waals surface area contributed by atoms with Crippen molar-refractivity contribution >= 4 is 34.3 Å². The minimum Gasteiger partial charge on any atom is -0.340 e. The first kappa shape index (κ1) is 14.7. The van der Waals surface area contributed by atoms with E-state index in [1.165, 1.54) is 6.08 Å². The lowest BCUT2D eigenvalue weighted by molar-refractivity contribution is -0.111. The monoisotopic (exact) mass is 304 g/mol. The minimum absolute atomic E-state index is 0.240. The van der Waals surface area contributed by atoms with Crippen LogP contribution in [-0.2, 0) is 4.79 Å². The van der Waals surface area contributed by atoms with Gasteiger partial charge in [0, 0.05) is 11.1 Å². The highest BCUT2D eigenvalue weighted by molar-refractivity contribution is 5.99. The maximum Gasteiger partial charge on any atom is 0.250 e. The molecule has 0 unspecified atom stereocenters. The Labute approximate surface area is 134 Å². The molecule has 0 bridgehead atoms. The third kappa shape index (κ3) is 3.35. The number of aromatic nitrogens is 2. The molecule has 0 saturated carbocycles. The molecule has 0 fully saturated rings. The van der Waals surface area contributed by atoms with Gasteiger partial charge in [0.15, 0.2) is 0 Å². The Hall–Kier alpha value is -3.21. The Morgan fingerprint density at radius 1 is 1.13 bits per heavy atom. The van der Waals surface area contributed by atoms with Crippen LogP contribution in [0, 0.1) is 6.92 Å². The van der Waals surface area contributed by atoms with Crippen molar-refractivity contribution in [2.75, 3.05) is 10.6 Å². The highest BCUT2D eigenvalue weighted by Gasteiger charge is 2.09. The smallest absolute Gasteiger partial charge is 0.250 e. The summed E-state index contributed by atoms with van der Waals surface area (Å²) in [6, 6.07) is 15.6. The van der Waals surface area contributed by atoms with E-state index in [1.807, 2.05) is 55.5 Å². The van der Waals surface area contributed by atoms with Gasteiger partial charge in [-0.2, -0.15) is 4.98 Å². The number of nitrogens with zero attached hydrogens (tertiary/aromatic N) is 2. The molecule has 0 saturated heterocycles. The molecule has 0 aliphatic rings. The van der Waals surface area contributed by atoms with E-state index in [9.17, 15) is 4.79 Å². The van der Waals surface area contributed by atoms with Gasteiger partial charge < -0.3 is 5.32 Å². The third-order valence-electron chi connectivity index (χ3n) is 3.30. The summed E-state index contributed by atoms with van der Waals surface area (Å²) in [4.78, 5) is 20.3. The maximum atomic E-state index is 11.5. The predicted octanol–water partition coefficient (Wildman–Crippen LogP) is 3.81. The van der Waals surface area contributed by atoms with E-state index in [0.29, 0.717) is 5.82 Å². The Balaban J connectivity index is 2.06. The zero-order chi connectivity index (χ0) is 16.2. The van der Waals surface area contributed by atoms with Crippen molar-refractivity contribution in [1.29, 1.82) is 0 Å². The molecule has 0 atom stereocenters. The molecule has 2 N–H and O–H groups in total. The van der Waals surface area contributed by atoms with Crippen molar-refractivity contribution in [1.82, 2.24) is 9.97 Å². The second kappa shape index (κ2) is 6.27. The van der Waals surface area contributed by atoms with Gasteiger partial charge in [-0.05, 0) is 42.8 Å². The van der Waals surface area contributed by atoms with Crippen LogP contribution in [0.5, 0.6) is 0 Å². The van der Waals surface area contributed by atoms with Crippen molar-refractivity contribution in [2.24, 2.45) is 0 Å². The molecule has 0 spiro atoms. The van der Waals surface area contributed by atoms with Crippen LogP contribution in [-0.4, -0.2) is 15.9 Å². The molecule has 2 aromatic carbocycles. The molecule has 0 aliphatic heterocycles. The summed E-state index contributed by atoms with van der Waals surface area (Å²) in [5.74, 6) is 0.533. The van der Waals surface area contributed by atoms with Gasteiger partial charge in [-0.1, -0.05) is 30.8 Å². The van der Waals surface area contributed by atoms with E-state index in [1.54, 1.807) is 0 Å². The summed E-state index contributed by atoms with van der Waals surface area (Å²) < 4.78 is 0. The number of anilines is 3. The summed E-state index contributed by atoms with van der Waals surface area (Å²) >= 11 is 0. The van der Waals surface area contributed by atoms with Crippen molar-refractivity contribution in [2.45, 2.75) is 6.92 Å². The van der Waals surface area contributed by atoms with Gasteiger partial charge in [0.1, 0.15) is 5.82 Å². The Morgan fingerprint density at radius 3 is 2.74 bits per heavy atom. The number of nitrogens with one attached hydrogen (secondary N) is 2. The quantitative estimate of drug-likeness (QED) is 0.719. The molecular weight excluding hydrogens is 288 g/mol. The molecule has 23 heavy (non-hydrogen) atoms. The number of hydrogen-bond donors (Lipinski definition) is 2. The predicted molar refractivity (Wildman–Crippen MR) is 92.8 cm³/mol. The number of carbonyl (C=O) groups is 1. The number of fused-ring (bicyclic) bond motifs is 1. The zero-order valence-electron chi connectivity index (χ0n) is 12.7. The van der Waals surface area contributed by atoms with Gasteiger partial charge in [0.2, 0.25) is 11.9 Å². The van der Waals surface area contributed by atoms with E-state index in [4.69, 9.17) is 0 Å². The second-order valence-corrected chi connectivity index (χ2v) is 5.10. The molecule has 1 heterocycles. The summed E-state index contributed by atoms with van der Waals surface area (Å²) in [6.45, 7) is 5.46. The molecule has 5 heteroatoms. The molecule has 1 aromatic heterocycles. The largest absolute Gasteiger partial charge is 0.340 e. The number of hydrogen-bond acceptors (Lipinski definition) is 4. The summed E-state index contributed by atoms with van der Waals surface area (Å²) in [5.41, 5.74) is 2.82. The van der Waals surface area contributed by atoms with E-state index in [0.717, 1.165) is 22.2 Å². The van der Waals surface area contributed by atoms with Gasteiger partial charge in [0.05, 0.1) is 5.52 Å². The van der Waals surface area contributed by atoms with E-state index in [-0.39, 0.29) is 11.9 Å². The van der Waals surface area contributed by atoms with Crippen LogP contribution in [0.4, 0.5) is 17.5 Å². The average Bonchev–Trinajstić information content (AvgIpc) is 2.55. The average molecular weight is 304 g/mol. The molecule has 3 rings (SSSR count). The molecule has 1 amide bonds. The zero-order valence-corrected chi connectivity index (χ0v) is 12.7. The number of amides is 1. The Kier molecular flexibility index (Phi) is 4.01. The van der Waals surface area contributed by atoms with E-state index < -0.39 is 0 Å². The standard InChI is InChI=1S/C18H16N4O/c1-3-16(23)21-18-20-15-10-5-4-9-14(15)17(22-18)19-13-8-6-7-12(2)11-13/h3-11H,1H2,2H3,(H2,19,20,21,22,23). The first-order valence-electron chi connectivity index (χ1n) is 7.19. The lowest BCUT2D eigenvalue weighted by atomic mass is 10.2. The first-order chi connectivity index (χ1) is 11.2. The molecule has 0 radical (unpaired) electrons. The minimum atomic E-state index is -0.346. The number of benzene rings is 2. The van der Waals surface area contributed by atoms with Gasteiger partial charge in [-0.15, -0.1) is 0 Å². The number of rotatable bonds is 4. The highest BCUT2D eigenvalue weighted by Crippen LogP contribution is 2.25. The Morgan fingerprint density at radius 2 is 1.96 bits per heavy atom. The van der Waals surface area contributed by atoms with Crippen LogP contribution in [0.3, 0.4) is 0 Å². The van der Waals surface area contributed by atoms with Crippen LogP contribution in [0.1, 0.15) is 5.56 Å². The van der Waals surface area contributed by atoms with Gasteiger partial charge in [0.25, 0.3) is 0 Å². The van der Waals surface area contributed by atoms with Crippen molar-refractivity contribution < 1.29 is 4.79 Å². The molecule has 114 valence electrons. The fourth-order valence-corrected chi connectivity index (χ4v) is 2.25. The molecular formula is C18H16N4O. The number of aryl methyl sites for hydroxylation is 1. The number of para-hydroxylation sites is 1. The lowest BCUT2D eigenvalue weighted by Gasteiger charge is -2.11. The van der Waals surface area contributed by atoms with Crippen LogP contribution >= 0.6 is 0 Å². The van der Waals surface area contributed by atoms with Crippen molar-refractivity contribution in [3.05, 3.63) is 66.7 Å². The van der Waals surface area contributed by atoms with Crippen molar-refractivity contribution in [3.63, 3.8) is 0 Å². The second-order valence-electron chi connectivity index (χ2n) is 5.10.